The molecule has 16 heavy (non-hydrogen) atoms. The van der Waals surface area contributed by atoms with Crippen LogP contribution in [0.15, 0.2) is 11.7 Å². The van der Waals surface area contributed by atoms with E-state index in [0.29, 0.717) is 12.1 Å². The Hall–Kier alpha value is -0.450. The highest BCUT2D eigenvalue weighted by atomic mass is 32.1. The quantitative estimate of drug-likeness (QED) is 0.873. The van der Waals surface area contributed by atoms with Crippen molar-refractivity contribution in [3.05, 3.63) is 16.6 Å². The van der Waals surface area contributed by atoms with Crippen LogP contribution < -0.4 is 5.32 Å². The number of aromatic nitrogens is 1. The molecule has 1 N–H and O–H groups in total. The zero-order chi connectivity index (χ0) is 11.4. The van der Waals surface area contributed by atoms with Crippen molar-refractivity contribution in [2.24, 2.45) is 0 Å². The third-order valence-corrected chi connectivity index (χ3v) is 4.27. The topological polar surface area (TPSA) is 28.2 Å². The van der Waals surface area contributed by atoms with Crippen LogP contribution in [0.5, 0.6) is 0 Å². The summed E-state index contributed by atoms with van der Waals surface area (Å²) in [7, 11) is 0. The van der Waals surface area contributed by atoms with Gasteiger partial charge >= 0.3 is 0 Å². The Morgan fingerprint density at radius 1 is 1.69 bits per heavy atom. The lowest BCUT2D eigenvalue weighted by Crippen LogP contribution is -2.46. The van der Waals surface area contributed by atoms with Crippen molar-refractivity contribution in [1.29, 1.82) is 0 Å². The van der Waals surface area contributed by atoms with E-state index in [9.17, 15) is 0 Å². The number of hydrogen-bond acceptors (Lipinski definition) is 4. The standard InChI is InChI=1S/C12H21N3S/c1-3-15-6-4-5-11(8-15)14-10(2)12-7-13-9-16-12/h7,9-11,14H,3-6,8H2,1-2H3. The maximum absolute atomic E-state index is 4.14. The molecule has 1 aliphatic heterocycles. The molecule has 0 radical (unpaired) electrons. The highest BCUT2D eigenvalue weighted by Crippen LogP contribution is 2.19. The number of likely N-dealkylation sites (N-methyl/N-ethyl adjacent to an activating group) is 1. The summed E-state index contributed by atoms with van der Waals surface area (Å²) < 4.78 is 0. The minimum atomic E-state index is 0.439. The molecule has 1 aromatic heterocycles. The number of rotatable bonds is 4. The summed E-state index contributed by atoms with van der Waals surface area (Å²) in [5, 5.41) is 3.71. The molecule has 0 aliphatic carbocycles. The summed E-state index contributed by atoms with van der Waals surface area (Å²) in [5.41, 5.74) is 1.91. The molecular formula is C12H21N3S. The van der Waals surface area contributed by atoms with Crippen molar-refractivity contribution in [2.75, 3.05) is 19.6 Å². The lowest BCUT2D eigenvalue weighted by atomic mass is 10.0. The van der Waals surface area contributed by atoms with E-state index >= 15 is 0 Å². The van der Waals surface area contributed by atoms with Gasteiger partial charge in [0.15, 0.2) is 0 Å². The molecule has 2 atom stereocenters. The lowest BCUT2D eigenvalue weighted by Gasteiger charge is -2.33. The van der Waals surface area contributed by atoms with Gasteiger partial charge in [0.2, 0.25) is 0 Å². The molecule has 90 valence electrons. The van der Waals surface area contributed by atoms with Gasteiger partial charge in [0, 0.05) is 29.7 Å². The van der Waals surface area contributed by atoms with Crippen LogP contribution in [0.3, 0.4) is 0 Å². The highest BCUT2D eigenvalue weighted by Gasteiger charge is 2.20. The minimum Gasteiger partial charge on any atom is -0.305 e. The third-order valence-electron chi connectivity index (χ3n) is 3.32. The Morgan fingerprint density at radius 2 is 2.56 bits per heavy atom. The predicted molar refractivity (Wildman–Crippen MR) is 68.8 cm³/mol. The van der Waals surface area contributed by atoms with E-state index in [-0.39, 0.29) is 0 Å². The van der Waals surface area contributed by atoms with Crippen molar-refractivity contribution >= 4 is 11.3 Å². The van der Waals surface area contributed by atoms with Crippen LogP contribution in [-0.4, -0.2) is 35.6 Å². The normalized spacial score (nSPS) is 24.5. The molecule has 0 amide bonds. The van der Waals surface area contributed by atoms with Gasteiger partial charge in [0.1, 0.15) is 0 Å². The third kappa shape index (κ3) is 3.03. The first-order chi connectivity index (χ1) is 7.79. The van der Waals surface area contributed by atoms with Crippen LogP contribution in [0.1, 0.15) is 37.6 Å². The number of thiazole rings is 1. The van der Waals surface area contributed by atoms with Gasteiger partial charge in [-0.2, -0.15) is 0 Å². The molecule has 2 rings (SSSR count). The SMILES string of the molecule is CCN1CCCC(NC(C)c2cncs2)C1. The van der Waals surface area contributed by atoms with E-state index in [4.69, 9.17) is 0 Å². The van der Waals surface area contributed by atoms with Crippen molar-refractivity contribution in [3.63, 3.8) is 0 Å². The van der Waals surface area contributed by atoms with Crippen molar-refractivity contribution in [1.82, 2.24) is 15.2 Å². The van der Waals surface area contributed by atoms with Gasteiger partial charge in [0.25, 0.3) is 0 Å². The van der Waals surface area contributed by atoms with Crippen molar-refractivity contribution in [2.45, 2.75) is 38.8 Å². The molecule has 2 unspecified atom stereocenters. The number of nitrogens with one attached hydrogen (secondary N) is 1. The lowest BCUT2D eigenvalue weighted by molar-refractivity contribution is 0.192. The molecule has 0 saturated carbocycles. The molecule has 3 nitrogen and oxygen atoms in total. The van der Waals surface area contributed by atoms with E-state index in [1.54, 1.807) is 11.3 Å². The van der Waals surface area contributed by atoms with E-state index in [2.05, 4.69) is 29.0 Å². The second kappa shape index (κ2) is 5.75. The Morgan fingerprint density at radius 3 is 3.25 bits per heavy atom. The summed E-state index contributed by atoms with van der Waals surface area (Å²) in [6.07, 6.45) is 4.60. The monoisotopic (exact) mass is 239 g/mol. The van der Waals surface area contributed by atoms with Gasteiger partial charge in [-0.05, 0) is 32.9 Å². The molecule has 0 spiro atoms. The maximum Gasteiger partial charge on any atom is 0.0794 e. The second-order valence-corrected chi connectivity index (χ2v) is 5.44. The van der Waals surface area contributed by atoms with Gasteiger partial charge in [-0.3, -0.25) is 4.98 Å². The molecular weight excluding hydrogens is 218 g/mol. The number of nitrogens with zero attached hydrogens (tertiary/aromatic N) is 2. The molecule has 4 heteroatoms. The Labute approximate surface area is 102 Å². The summed E-state index contributed by atoms with van der Waals surface area (Å²) in [4.78, 5) is 8.01. The zero-order valence-corrected chi connectivity index (χ0v) is 11.0. The minimum absolute atomic E-state index is 0.439. The molecule has 1 fully saturated rings. The van der Waals surface area contributed by atoms with Crippen LogP contribution in [0.25, 0.3) is 0 Å². The van der Waals surface area contributed by atoms with Crippen LogP contribution in [0, 0.1) is 0 Å². The summed E-state index contributed by atoms with van der Waals surface area (Å²) >= 11 is 1.74. The van der Waals surface area contributed by atoms with E-state index in [1.807, 2.05) is 11.7 Å². The van der Waals surface area contributed by atoms with Gasteiger partial charge in [-0.1, -0.05) is 6.92 Å². The smallest absolute Gasteiger partial charge is 0.0794 e. The van der Waals surface area contributed by atoms with E-state index < -0.39 is 0 Å². The first kappa shape index (κ1) is 12.0. The zero-order valence-electron chi connectivity index (χ0n) is 10.1. The van der Waals surface area contributed by atoms with Gasteiger partial charge in [0.05, 0.1) is 5.51 Å². The fraction of sp³-hybridized carbons (Fsp3) is 0.750. The van der Waals surface area contributed by atoms with Crippen LogP contribution >= 0.6 is 11.3 Å². The Balaban J connectivity index is 1.84. The average molecular weight is 239 g/mol. The summed E-state index contributed by atoms with van der Waals surface area (Å²) in [6.45, 7) is 8.11. The highest BCUT2D eigenvalue weighted by molar-refractivity contribution is 7.09. The molecule has 0 aromatic carbocycles. The Kier molecular flexibility index (Phi) is 4.32. The fourth-order valence-electron chi connectivity index (χ4n) is 2.35. The predicted octanol–water partition coefficient (Wildman–Crippen LogP) is 2.28. The van der Waals surface area contributed by atoms with Gasteiger partial charge in [-0.15, -0.1) is 11.3 Å². The molecule has 1 saturated heterocycles. The summed E-state index contributed by atoms with van der Waals surface area (Å²) in [5.74, 6) is 0. The molecule has 1 aromatic rings. The van der Waals surface area contributed by atoms with E-state index in [0.717, 1.165) is 0 Å². The molecule has 1 aliphatic rings. The molecule has 2 heterocycles. The van der Waals surface area contributed by atoms with Crippen LogP contribution in [0.4, 0.5) is 0 Å². The number of likely N-dealkylation sites (tertiary alicyclic amines) is 1. The van der Waals surface area contributed by atoms with Crippen LogP contribution in [0.2, 0.25) is 0 Å². The summed E-state index contributed by atoms with van der Waals surface area (Å²) in [6, 6.07) is 1.08. The Bertz CT molecular complexity index is 299. The average Bonchev–Trinajstić information content (AvgIpc) is 2.83. The van der Waals surface area contributed by atoms with Crippen LogP contribution in [-0.2, 0) is 0 Å². The van der Waals surface area contributed by atoms with Gasteiger partial charge < -0.3 is 10.2 Å². The molecule has 0 bridgehead atoms. The van der Waals surface area contributed by atoms with Gasteiger partial charge in [-0.25, -0.2) is 0 Å². The maximum atomic E-state index is 4.14. The fourth-order valence-corrected chi connectivity index (χ4v) is 2.99. The first-order valence-electron chi connectivity index (χ1n) is 6.16. The van der Waals surface area contributed by atoms with Crippen molar-refractivity contribution < 1.29 is 0 Å². The largest absolute Gasteiger partial charge is 0.305 e. The first-order valence-corrected chi connectivity index (χ1v) is 7.04. The number of hydrogen-bond donors (Lipinski definition) is 1. The van der Waals surface area contributed by atoms with E-state index in [1.165, 1.54) is 37.4 Å². The second-order valence-electron chi connectivity index (χ2n) is 4.52. The van der Waals surface area contributed by atoms with Crippen molar-refractivity contribution in [3.8, 4) is 0 Å². The number of piperidine rings is 1.